The second kappa shape index (κ2) is 6.40. The maximum Gasteiger partial charge on any atom is 0.236 e. The van der Waals surface area contributed by atoms with Crippen molar-refractivity contribution in [2.75, 3.05) is 16.8 Å². The lowest BCUT2D eigenvalue weighted by atomic mass is 10.6. The third kappa shape index (κ3) is 4.25. The minimum Gasteiger partial charge on any atom is -0.301 e. The second-order valence-corrected chi connectivity index (χ2v) is 4.35. The molecule has 0 fully saturated rings. The maximum absolute atomic E-state index is 11.2. The van der Waals surface area contributed by atoms with Crippen LogP contribution in [0.25, 0.3) is 0 Å². The minimum absolute atomic E-state index is 0.0668. The van der Waals surface area contributed by atoms with E-state index in [9.17, 15) is 4.79 Å². The number of rotatable bonds is 5. The Morgan fingerprint density at radius 2 is 2.64 bits per heavy atom. The number of anilines is 1. The third-order valence-electron chi connectivity index (χ3n) is 1.27. The van der Waals surface area contributed by atoms with Crippen LogP contribution < -0.4 is 5.32 Å². The first-order valence-corrected chi connectivity index (χ1v) is 6.00. The molecular formula is C8H9N3OS2. The zero-order valence-electron chi connectivity index (χ0n) is 7.40. The maximum atomic E-state index is 11.2. The Kier molecular flexibility index (Phi) is 5.04. The largest absolute Gasteiger partial charge is 0.301 e. The van der Waals surface area contributed by atoms with E-state index in [2.05, 4.69) is 10.3 Å². The molecule has 0 unspecified atom stereocenters. The average Bonchev–Trinajstić information content (AvgIpc) is 2.65. The molecule has 1 aromatic heterocycles. The topological polar surface area (TPSA) is 65.8 Å². The predicted molar refractivity (Wildman–Crippen MR) is 58.3 cm³/mol. The van der Waals surface area contributed by atoms with E-state index in [1.807, 2.05) is 6.07 Å². The van der Waals surface area contributed by atoms with Gasteiger partial charge in [0.15, 0.2) is 5.13 Å². The normalized spacial score (nSPS) is 9.36. The fourth-order valence-corrected chi connectivity index (χ4v) is 1.91. The number of carbonyl (C=O) groups excluding carboxylic acids is 1. The van der Waals surface area contributed by atoms with Gasteiger partial charge in [-0.25, -0.2) is 4.98 Å². The van der Waals surface area contributed by atoms with Crippen molar-refractivity contribution in [3.05, 3.63) is 11.6 Å². The number of thiazole rings is 1. The molecule has 6 heteroatoms. The summed E-state index contributed by atoms with van der Waals surface area (Å²) in [6, 6.07) is 2.02. The molecule has 74 valence electrons. The minimum atomic E-state index is -0.0668. The van der Waals surface area contributed by atoms with Crippen LogP contribution in [0.2, 0.25) is 0 Å². The van der Waals surface area contributed by atoms with Crippen molar-refractivity contribution in [1.29, 1.82) is 5.26 Å². The Labute approximate surface area is 90.3 Å². The molecule has 0 aromatic carbocycles. The fraction of sp³-hybridized carbons (Fsp3) is 0.375. The van der Waals surface area contributed by atoms with E-state index in [1.54, 1.807) is 11.6 Å². The van der Waals surface area contributed by atoms with E-state index < -0.39 is 0 Å². The van der Waals surface area contributed by atoms with Crippen molar-refractivity contribution in [2.24, 2.45) is 0 Å². The molecular weight excluding hydrogens is 218 g/mol. The van der Waals surface area contributed by atoms with Gasteiger partial charge in [-0.1, -0.05) is 0 Å². The lowest BCUT2D eigenvalue weighted by molar-refractivity contribution is -0.113. The summed E-state index contributed by atoms with van der Waals surface area (Å²) in [5.41, 5.74) is 0. The van der Waals surface area contributed by atoms with E-state index in [-0.39, 0.29) is 5.91 Å². The van der Waals surface area contributed by atoms with Crippen LogP contribution in [0, 0.1) is 11.3 Å². The number of nitriles is 1. The number of nitrogens with zero attached hydrogens (tertiary/aromatic N) is 2. The molecule has 0 saturated carbocycles. The summed E-state index contributed by atoms with van der Waals surface area (Å²) >= 11 is 2.84. The molecule has 1 rings (SSSR count). The number of aromatic nitrogens is 1. The summed E-state index contributed by atoms with van der Waals surface area (Å²) in [4.78, 5) is 15.2. The smallest absolute Gasteiger partial charge is 0.236 e. The molecule has 14 heavy (non-hydrogen) atoms. The Hall–Kier alpha value is -1.06. The van der Waals surface area contributed by atoms with Gasteiger partial charge in [0.1, 0.15) is 0 Å². The van der Waals surface area contributed by atoms with Gasteiger partial charge >= 0.3 is 0 Å². The highest BCUT2D eigenvalue weighted by molar-refractivity contribution is 7.99. The molecule has 0 aliphatic heterocycles. The first-order valence-electron chi connectivity index (χ1n) is 3.97. The monoisotopic (exact) mass is 227 g/mol. The molecule has 0 bridgehead atoms. The van der Waals surface area contributed by atoms with Gasteiger partial charge in [-0.3, -0.25) is 4.79 Å². The molecule has 0 radical (unpaired) electrons. The zero-order valence-corrected chi connectivity index (χ0v) is 9.03. The van der Waals surface area contributed by atoms with Crippen molar-refractivity contribution in [3.8, 4) is 6.07 Å². The van der Waals surface area contributed by atoms with Crippen molar-refractivity contribution < 1.29 is 4.79 Å². The van der Waals surface area contributed by atoms with E-state index >= 15 is 0 Å². The average molecular weight is 227 g/mol. The fourth-order valence-electron chi connectivity index (χ4n) is 0.723. The van der Waals surface area contributed by atoms with Crippen LogP contribution in [0.4, 0.5) is 5.13 Å². The van der Waals surface area contributed by atoms with E-state index in [0.29, 0.717) is 23.1 Å². The molecule has 1 N–H and O–H groups in total. The molecule has 0 aliphatic rings. The summed E-state index contributed by atoms with van der Waals surface area (Å²) in [6.07, 6.45) is 2.12. The molecule has 0 spiro atoms. The molecule has 0 aliphatic carbocycles. The van der Waals surface area contributed by atoms with Crippen molar-refractivity contribution in [2.45, 2.75) is 6.42 Å². The van der Waals surface area contributed by atoms with Crippen LogP contribution in [-0.4, -0.2) is 22.4 Å². The Balaban J connectivity index is 2.14. The number of carbonyl (C=O) groups is 1. The van der Waals surface area contributed by atoms with Crippen molar-refractivity contribution >= 4 is 34.1 Å². The van der Waals surface area contributed by atoms with Gasteiger partial charge in [0.2, 0.25) is 5.91 Å². The number of nitrogens with one attached hydrogen (secondary N) is 1. The second-order valence-electron chi connectivity index (χ2n) is 2.35. The first kappa shape index (κ1) is 11.0. The summed E-state index contributed by atoms with van der Waals surface area (Å²) in [5, 5.41) is 13.4. The van der Waals surface area contributed by atoms with Gasteiger partial charge in [-0.05, 0) is 0 Å². The predicted octanol–water partition coefficient (Wildman–Crippen LogP) is 1.73. The molecule has 1 aromatic rings. The SMILES string of the molecule is N#CCCSCC(=O)Nc1nccs1. The highest BCUT2D eigenvalue weighted by Gasteiger charge is 2.03. The Morgan fingerprint density at radius 1 is 1.79 bits per heavy atom. The molecule has 1 amide bonds. The lowest BCUT2D eigenvalue weighted by Gasteiger charge is -1.99. The van der Waals surface area contributed by atoms with Crippen LogP contribution >= 0.6 is 23.1 Å². The van der Waals surface area contributed by atoms with E-state index in [0.717, 1.165) is 0 Å². The molecule has 4 nitrogen and oxygen atoms in total. The van der Waals surface area contributed by atoms with Gasteiger partial charge in [-0.15, -0.1) is 11.3 Å². The van der Waals surface area contributed by atoms with Crippen LogP contribution in [-0.2, 0) is 4.79 Å². The first-order chi connectivity index (χ1) is 6.83. The van der Waals surface area contributed by atoms with Crippen molar-refractivity contribution in [3.63, 3.8) is 0 Å². The number of thioether (sulfide) groups is 1. The molecule has 0 saturated heterocycles. The Bertz CT molecular complexity index is 318. The van der Waals surface area contributed by atoms with Crippen LogP contribution in [0.1, 0.15) is 6.42 Å². The Morgan fingerprint density at radius 3 is 3.29 bits per heavy atom. The van der Waals surface area contributed by atoms with Crippen LogP contribution in [0.5, 0.6) is 0 Å². The van der Waals surface area contributed by atoms with Gasteiger partial charge in [0.25, 0.3) is 0 Å². The van der Waals surface area contributed by atoms with Crippen LogP contribution in [0.3, 0.4) is 0 Å². The summed E-state index contributed by atoms with van der Waals surface area (Å²) in [5.74, 6) is 1.01. The lowest BCUT2D eigenvalue weighted by Crippen LogP contribution is -2.13. The van der Waals surface area contributed by atoms with E-state index in [1.165, 1.54) is 23.1 Å². The van der Waals surface area contributed by atoms with E-state index in [4.69, 9.17) is 5.26 Å². The quantitative estimate of drug-likeness (QED) is 0.778. The molecule has 0 atom stereocenters. The summed E-state index contributed by atoms with van der Waals surface area (Å²) in [6.45, 7) is 0. The third-order valence-corrected chi connectivity index (χ3v) is 2.92. The van der Waals surface area contributed by atoms with Gasteiger partial charge in [-0.2, -0.15) is 17.0 Å². The number of hydrogen-bond acceptors (Lipinski definition) is 5. The summed E-state index contributed by atoms with van der Waals surface area (Å²) < 4.78 is 0. The zero-order chi connectivity index (χ0) is 10.2. The van der Waals surface area contributed by atoms with Gasteiger partial charge < -0.3 is 5.32 Å². The van der Waals surface area contributed by atoms with Gasteiger partial charge in [0.05, 0.1) is 11.8 Å². The number of hydrogen-bond donors (Lipinski definition) is 1. The molecule has 1 heterocycles. The van der Waals surface area contributed by atoms with Gasteiger partial charge in [0, 0.05) is 23.8 Å². The highest BCUT2D eigenvalue weighted by atomic mass is 32.2. The number of amides is 1. The highest BCUT2D eigenvalue weighted by Crippen LogP contribution is 2.11. The standard InChI is InChI=1S/C8H9N3OS2/c9-2-1-4-13-6-7(12)11-8-10-3-5-14-8/h3,5H,1,4,6H2,(H,10,11,12). The van der Waals surface area contributed by atoms with Crippen LogP contribution in [0.15, 0.2) is 11.6 Å². The summed E-state index contributed by atoms with van der Waals surface area (Å²) in [7, 11) is 0. The van der Waals surface area contributed by atoms with Crippen molar-refractivity contribution in [1.82, 2.24) is 4.98 Å².